The number of aromatic nitrogens is 1. The first-order valence-corrected chi connectivity index (χ1v) is 10.2. The Balaban J connectivity index is 1.67. The molecule has 0 N–H and O–H groups in total. The van der Waals surface area contributed by atoms with Gasteiger partial charge in [-0.1, -0.05) is 41.9 Å². The summed E-state index contributed by atoms with van der Waals surface area (Å²) < 4.78 is 5.37. The molecule has 1 aromatic heterocycles. The topological polar surface area (TPSA) is 62.7 Å². The summed E-state index contributed by atoms with van der Waals surface area (Å²) in [4.78, 5) is 33.8. The lowest BCUT2D eigenvalue weighted by atomic mass is 9.83. The molecular formula is C22H26ClN3O3. The molecule has 3 rings (SSSR count). The van der Waals surface area contributed by atoms with Crippen molar-refractivity contribution in [3.63, 3.8) is 0 Å². The van der Waals surface area contributed by atoms with E-state index in [9.17, 15) is 9.59 Å². The van der Waals surface area contributed by atoms with E-state index >= 15 is 0 Å². The predicted molar refractivity (Wildman–Crippen MR) is 112 cm³/mol. The third kappa shape index (κ3) is 4.53. The Labute approximate surface area is 176 Å². The van der Waals surface area contributed by atoms with Gasteiger partial charge in [0.05, 0.1) is 17.0 Å². The van der Waals surface area contributed by atoms with Gasteiger partial charge in [-0.25, -0.2) is 4.98 Å². The van der Waals surface area contributed by atoms with Gasteiger partial charge in [-0.05, 0) is 32.4 Å². The van der Waals surface area contributed by atoms with Gasteiger partial charge >= 0.3 is 0 Å². The lowest BCUT2D eigenvalue weighted by Crippen LogP contribution is -2.54. The Kier molecular flexibility index (Phi) is 6.42. The van der Waals surface area contributed by atoms with Crippen molar-refractivity contribution in [2.75, 3.05) is 32.8 Å². The number of carbonyl (C=O) groups excluding carboxylic acids is 2. The highest BCUT2D eigenvalue weighted by Gasteiger charge is 2.36. The molecule has 0 saturated carbocycles. The number of rotatable bonds is 5. The Morgan fingerprint density at radius 2 is 1.66 bits per heavy atom. The van der Waals surface area contributed by atoms with Crippen LogP contribution in [0.15, 0.2) is 42.5 Å². The quantitative estimate of drug-likeness (QED) is 0.750. The first-order chi connectivity index (χ1) is 13.8. The highest BCUT2D eigenvalue weighted by atomic mass is 35.5. The van der Waals surface area contributed by atoms with Gasteiger partial charge in [0.1, 0.15) is 0 Å². The van der Waals surface area contributed by atoms with Crippen molar-refractivity contribution in [3.05, 3.63) is 58.7 Å². The molecule has 1 aliphatic rings. The van der Waals surface area contributed by atoms with Gasteiger partial charge in [0.2, 0.25) is 11.8 Å². The van der Waals surface area contributed by atoms with Gasteiger partial charge in [-0.3, -0.25) is 9.59 Å². The largest absolute Gasteiger partial charge is 0.478 e. The molecular weight excluding hydrogens is 390 g/mol. The SMILES string of the molecule is CCOc1ccc(Cl)c(C(=O)N2CCN(C(=O)C(C)(C)c3ccccc3)CC2)n1. The number of amides is 2. The molecule has 0 radical (unpaired) electrons. The minimum absolute atomic E-state index is 0.0605. The fourth-order valence-electron chi connectivity index (χ4n) is 3.44. The van der Waals surface area contributed by atoms with Crippen molar-refractivity contribution >= 4 is 23.4 Å². The van der Waals surface area contributed by atoms with Crippen LogP contribution in [0.25, 0.3) is 0 Å². The Morgan fingerprint density at radius 1 is 1.03 bits per heavy atom. The monoisotopic (exact) mass is 415 g/mol. The van der Waals surface area contributed by atoms with Gasteiger partial charge < -0.3 is 14.5 Å². The molecule has 0 spiro atoms. The number of pyridine rings is 1. The number of halogens is 1. The molecule has 29 heavy (non-hydrogen) atoms. The number of hydrogen-bond donors (Lipinski definition) is 0. The van der Waals surface area contributed by atoms with E-state index in [0.717, 1.165) is 5.56 Å². The van der Waals surface area contributed by atoms with Crippen LogP contribution >= 0.6 is 11.6 Å². The number of benzene rings is 1. The van der Waals surface area contributed by atoms with Crippen LogP contribution in [0, 0.1) is 0 Å². The zero-order chi connectivity index (χ0) is 21.0. The first-order valence-electron chi connectivity index (χ1n) is 9.78. The fourth-order valence-corrected chi connectivity index (χ4v) is 3.62. The van der Waals surface area contributed by atoms with Crippen LogP contribution in [0.3, 0.4) is 0 Å². The second-order valence-electron chi connectivity index (χ2n) is 7.49. The average Bonchev–Trinajstić information content (AvgIpc) is 2.75. The van der Waals surface area contributed by atoms with Gasteiger partial charge in [0, 0.05) is 32.2 Å². The number of ether oxygens (including phenoxy) is 1. The number of carbonyl (C=O) groups is 2. The smallest absolute Gasteiger partial charge is 0.274 e. The molecule has 154 valence electrons. The van der Waals surface area contributed by atoms with Crippen molar-refractivity contribution in [3.8, 4) is 5.88 Å². The van der Waals surface area contributed by atoms with Gasteiger partial charge in [0.25, 0.3) is 5.91 Å². The lowest BCUT2D eigenvalue weighted by Gasteiger charge is -2.38. The highest BCUT2D eigenvalue weighted by Crippen LogP contribution is 2.27. The molecule has 1 saturated heterocycles. The number of nitrogens with zero attached hydrogens (tertiary/aromatic N) is 3. The van der Waals surface area contributed by atoms with Crippen molar-refractivity contribution in [2.24, 2.45) is 0 Å². The average molecular weight is 416 g/mol. The van der Waals surface area contributed by atoms with Crippen LogP contribution in [-0.2, 0) is 10.2 Å². The molecule has 7 heteroatoms. The maximum absolute atomic E-state index is 13.1. The van der Waals surface area contributed by atoms with Gasteiger partial charge in [-0.2, -0.15) is 0 Å². The normalized spacial score (nSPS) is 14.6. The van der Waals surface area contributed by atoms with Crippen LogP contribution < -0.4 is 4.74 Å². The molecule has 6 nitrogen and oxygen atoms in total. The zero-order valence-electron chi connectivity index (χ0n) is 17.0. The van der Waals surface area contributed by atoms with Crippen LogP contribution in [0.1, 0.15) is 36.8 Å². The van der Waals surface area contributed by atoms with Gasteiger partial charge in [0.15, 0.2) is 5.69 Å². The maximum atomic E-state index is 13.1. The Bertz CT molecular complexity index is 878. The van der Waals surface area contributed by atoms with E-state index in [1.807, 2.05) is 56.0 Å². The molecule has 0 atom stereocenters. The summed E-state index contributed by atoms with van der Waals surface area (Å²) in [6.07, 6.45) is 0. The van der Waals surface area contributed by atoms with Crippen molar-refractivity contribution in [1.82, 2.24) is 14.8 Å². The molecule has 1 fully saturated rings. The Hall–Kier alpha value is -2.60. The third-order valence-corrected chi connectivity index (χ3v) is 5.50. The van der Waals surface area contributed by atoms with Gasteiger partial charge in [-0.15, -0.1) is 0 Å². The maximum Gasteiger partial charge on any atom is 0.274 e. The molecule has 2 heterocycles. The van der Waals surface area contributed by atoms with Crippen molar-refractivity contribution < 1.29 is 14.3 Å². The van der Waals surface area contributed by atoms with Crippen molar-refractivity contribution in [1.29, 1.82) is 0 Å². The second kappa shape index (κ2) is 8.82. The summed E-state index contributed by atoms with van der Waals surface area (Å²) >= 11 is 6.19. The molecule has 0 aliphatic carbocycles. The minimum atomic E-state index is -0.621. The van der Waals surface area contributed by atoms with E-state index in [0.29, 0.717) is 43.7 Å². The third-order valence-electron chi connectivity index (χ3n) is 5.20. The summed E-state index contributed by atoms with van der Waals surface area (Å²) in [6.45, 7) is 8.01. The molecule has 1 aromatic carbocycles. The molecule has 0 bridgehead atoms. The molecule has 2 amide bonds. The molecule has 0 unspecified atom stereocenters. The van der Waals surface area contributed by atoms with E-state index in [4.69, 9.17) is 16.3 Å². The summed E-state index contributed by atoms with van der Waals surface area (Å²) in [7, 11) is 0. The summed E-state index contributed by atoms with van der Waals surface area (Å²) in [5.74, 6) is 0.190. The fraction of sp³-hybridized carbons (Fsp3) is 0.409. The van der Waals surface area contributed by atoms with E-state index in [2.05, 4.69) is 4.98 Å². The minimum Gasteiger partial charge on any atom is -0.478 e. The lowest BCUT2D eigenvalue weighted by molar-refractivity contribution is -0.137. The van der Waals surface area contributed by atoms with Crippen molar-refractivity contribution in [2.45, 2.75) is 26.2 Å². The van der Waals surface area contributed by atoms with E-state index in [-0.39, 0.29) is 17.5 Å². The number of piperazine rings is 1. The Morgan fingerprint density at radius 3 is 2.28 bits per heavy atom. The van der Waals surface area contributed by atoms with Crippen LogP contribution in [0.2, 0.25) is 5.02 Å². The van der Waals surface area contributed by atoms with Crippen LogP contribution in [-0.4, -0.2) is 59.4 Å². The first kappa shape index (κ1) is 21.1. The zero-order valence-corrected chi connectivity index (χ0v) is 17.8. The predicted octanol–water partition coefficient (Wildman–Crippen LogP) is 3.40. The summed E-state index contributed by atoms with van der Waals surface area (Å²) in [5, 5.41) is 0.294. The van der Waals surface area contributed by atoms with E-state index < -0.39 is 5.41 Å². The van der Waals surface area contributed by atoms with E-state index in [1.54, 1.807) is 17.0 Å². The molecule has 2 aromatic rings. The molecule has 1 aliphatic heterocycles. The van der Waals surface area contributed by atoms with Crippen LogP contribution in [0.4, 0.5) is 0 Å². The highest BCUT2D eigenvalue weighted by molar-refractivity contribution is 6.33. The van der Waals surface area contributed by atoms with Crippen LogP contribution in [0.5, 0.6) is 5.88 Å². The summed E-state index contributed by atoms with van der Waals surface area (Å²) in [6, 6.07) is 13.0. The number of hydrogen-bond acceptors (Lipinski definition) is 4. The summed E-state index contributed by atoms with van der Waals surface area (Å²) in [5.41, 5.74) is 0.540. The standard InChI is InChI=1S/C22H26ClN3O3/c1-4-29-18-11-10-17(23)19(24-18)20(27)25-12-14-26(15-13-25)21(28)22(2,3)16-8-6-5-7-9-16/h5-11H,4,12-15H2,1-3H3. The van der Waals surface area contributed by atoms with E-state index in [1.165, 1.54) is 0 Å². The second-order valence-corrected chi connectivity index (χ2v) is 7.90.